The van der Waals surface area contributed by atoms with Gasteiger partial charge in [-0.1, -0.05) is 11.6 Å². The van der Waals surface area contributed by atoms with Gasteiger partial charge in [0, 0.05) is 11.8 Å². The zero-order chi connectivity index (χ0) is 13.3. The van der Waals surface area contributed by atoms with Gasteiger partial charge in [0.1, 0.15) is 11.4 Å². The first-order valence-electron chi connectivity index (χ1n) is 4.89. The van der Waals surface area contributed by atoms with E-state index in [-0.39, 0.29) is 0 Å². The fourth-order valence-corrected chi connectivity index (χ4v) is 2.23. The molecule has 0 aliphatic heterocycles. The Balaban J connectivity index is 2.48. The van der Waals surface area contributed by atoms with Crippen LogP contribution in [-0.4, -0.2) is 16.9 Å². The quantitative estimate of drug-likeness (QED) is 0.831. The number of alkyl halides is 2. The van der Waals surface area contributed by atoms with E-state index in [1.807, 2.05) is 0 Å². The van der Waals surface area contributed by atoms with E-state index in [9.17, 15) is 8.78 Å². The van der Waals surface area contributed by atoms with Gasteiger partial charge in [-0.2, -0.15) is 13.9 Å². The van der Waals surface area contributed by atoms with Gasteiger partial charge in [0.05, 0.1) is 16.6 Å². The van der Waals surface area contributed by atoms with Gasteiger partial charge in [0.15, 0.2) is 0 Å². The first-order chi connectivity index (χ1) is 8.52. The maximum Gasteiger partial charge on any atom is 0.333 e. The second kappa shape index (κ2) is 5.24. The highest BCUT2D eigenvalue weighted by molar-refractivity contribution is 9.10. The van der Waals surface area contributed by atoms with Crippen LogP contribution in [-0.2, 0) is 0 Å². The number of methoxy groups -OCH3 is 1. The Morgan fingerprint density at radius 2 is 2.17 bits per heavy atom. The third-order valence-corrected chi connectivity index (χ3v) is 3.21. The van der Waals surface area contributed by atoms with Crippen LogP contribution in [0.1, 0.15) is 6.55 Å². The van der Waals surface area contributed by atoms with Gasteiger partial charge >= 0.3 is 6.55 Å². The summed E-state index contributed by atoms with van der Waals surface area (Å²) in [6, 6.07) is 4.96. The molecule has 0 unspecified atom stereocenters. The van der Waals surface area contributed by atoms with Gasteiger partial charge in [-0.25, -0.2) is 4.68 Å². The largest absolute Gasteiger partial charge is 0.497 e. The van der Waals surface area contributed by atoms with Crippen LogP contribution < -0.4 is 4.74 Å². The molecule has 0 aliphatic rings. The lowest BCUT2D eigenvalue weighted by Crippen LogP contribution is -1.98. The third kappa shape index (κ3) is 2.49. The first kappa shape index (κ1) is 13.3. The standard InChI is InChI=1S/C11H8BrClF2N2O/c1-18-6-2-3-7(9(13)4-6)10-8(12)5-17(16-10)11(14)15/h2-5,11H,1H3. The molecule has 0 bridgehead atoms. The Bertz CT molecular complexity index is 574. The van der Waals surface area contributed by atoms with Crippen molar-refractivity contribution in [2.45, 2.75) is 6.55 Å². The number of benzene rings is 1. The Morgan fingerprint density at radius 3 is 2.67 bits per heavy atom. The molecule has 1 aromatic carbocycles. The SMILES string of the molecule is COc1ccc(-c2nn(C(F)F)cc2Br)c(Cl)c1. The van der Waals surface area contributed by atoms with Crippen molar-refractivity contribution in [1.82, 2.24) is 9.78 Å². The molecule has 18 heavy (non-hydrogen) atoms. The molecule has 0 fully saturated rings. The summed E-state index contributed by atoms with van der Waals surface area (Å²) in [6.45, 7) is -2.69. The molecule has 0 amide bonds. The monoisotopic (exact) mass is 336 g/mol. The summed E-state index contributed by atoms with van der Waals surface area (Å²) in [5, 5.41) is 4.17. The summed E-state index contributed by atoms with van der Waals surface area (Å²) in [4.78, 5) is 0. The first-order valence-corrected chi connectivity index (χ1v) is 6.06. The van der Waals surface area contributed by atoms with Gasteiger partial charge < -0.3 is 4.74 Å². The molecule has 0 saturated heterocycles. The predicted molar refractivity (Wildman–Crippen MR) is 68.2 cm³/mol. The van der Waals surface area contributed by atoms with Gasteiger partial charge in [-0.15, -0.1) is 0 Å². The highest BCUT2D eigenvalue weighted by Gasteiger charge is 2.16. The average Bonchev–Trinajstić information content (AvgIpc) is 2.71. The minimum absolute atomic E-state index is 0.364. The summed E-state index contributed by atoms with van der Waals surface area (Å²) in [5.74, 6) is 0.591. The zero-order valence-electron chi connectivity index (χ0n) is 9.20. The van der Waals surface area contributed by atoms with Crippen LogP contribution in [0.15, 0.2) is 28.9 Å². The number of ether oxygens (including phenoxy) is 1. The molecular weight excluding hydrogens is 329 g/mol. The molecule has 3 nitrogen and oxygen atoms in total. The van der Waals surface area contributed by atoms with Crippen molar-refractivity contribution in [3.05, 3.63) is 33.9 Å². The van der Waals surface area contributed by atoms with Gasteiger partial charge in [-0.3, -0.25) is 0 Å². The van der Waals surface area contributed by atoms with E-state index in [0.29, 0.717) is 31.2 Å². The number of halogens is 4. The molecule has 0 atom stereocenters. The number of aromatic nitrogens is 2. The maximum absolute atomic E-state index is 12.5. The molecule has 0 N–H and O–H groups in total. The molecule has 96 valence electrons. The van der Waals surface area contributed by atoms with Crippen LogP contribution in [0.4, 0.5) is 8.78 Å². The summed E-state index contributed by atoms with van der Waals surface area (Å²) >= 11 is 9.25. The van der Waals surface area contributed by atoms with E-state index in [1.165, 1.54) is 13.3 Å². The highest BCUT2D eigenvalue weighted by atomic mass is 79.9. The van der Waals surface area contributed by atoms with Crippen LogP contribution in [0.25, 0.3) is 11.3 Å². The van der Waals surface area contributed by atoms with Crippen LogP contribution >= 0.6 is 27.5 Å². The molecule has 1 heterocycles. The molecule has 2 rings (SSSR count). The van der Waals surface area contributed by atoms with Crippen molar-refractivity contribution in [3.8, 4) is 17.0 Å². The zero-order valence-corrected chi connectivity index (χ0v) is 11.5. The summed E-state index contributed by atoms with van der Waals surface area (Å²) in [7, 11) is 1.52. The van der Waals surface area contributed by atoms with Crippen LogP contribution in [0.3, 0.4) is 0 Å². The molecule has 0 radical (unpaired) electrons. The van der Waals surface area contributed by atoms with Crippen molar-refractivity contribution < 1.29 is 13.5 Å². The second-order valence-corrected chi connectivity index (χ2v) is 4.69. The molecule has 1 aromatic heterocycles. The summed E-state index contributed by atoms with van der Waals surface area (Å²) in [6.07, 6.45) is 1.21. The van der Waals surface area contributed by atoms with E-state index >= 15 is 0 Å². The van der Waals surface area contributed by atoms with E-state index in [1.54, 1.807) is 18.2 Å². The Morgan fingerprint density at radius 1 is 1.44 bits per heavy atom. The summed E-state index contributed by atoms with van der Waals surface area (Å²) in [5.41, 5.74) is 0.923. The van der Waals surface area contributed by atoms with Crippen LogP contribution in [0.5, 0.6) is 5.75 Å². The van der Waals surface area contributed by atoms with Crippen molar-refractivity contribution in [2.24, 2.45) is 0 Å². The number of hydrogen-bond acceptors (Lipinski definition) is 2. The van der Waals surface area contributed by atoms with Crippen molar-refractivity contribution in [2.75, 3.05) is 7.11 Å². The maximum atomic E-state index is 12.5. The second-order valence-electron chi connectivity index (χ2n) is 3.43. The van der Waals surface area contributed by atoms with Gasteiger partial charge in [0.25, 0.3) is 0 Å². The average molecular weight is 338 g/mol. The lowest BCUT2D eigenvalue weighted by Gasteiger charge is -2.05. The molecule has 7 heteroatoms. The molecule has 0 aliphatic carbocycles. The topological polar surface area (TPSA) is 27.1 Å². The molecule has 0 saturated carbocycles. The van der Waals surface area contributed by atoms with E-state index in [2.05, 4.69) is 21.0 Å². The predicted octanol–water partition coefficient (Wildman–Crippen LogP) is 4.37. The minimum atomic E-state index is -2.69. The van der Waals surface area contributed by atoms with Crippen molar-refractivity contribution >= 4 is 27.5 Å². The smallest absolute Gasteiger partial charge is 0.333 e. The molecular formula is C11H8BrClF2N2O. The Kier molecular flexibility index (Phi) is 3.87. The summed E-state index contributed by atoms with van der Waals surface area (Å²) < 4.78 is 31.1. The number of hydrogen-bond donors (Lipinski definition) is 0. The van der Waals surface area contributed by atoms with E-state index in [0.717, 1.165) is 0 Å². The van der Waals surface area contributed by atoms with Crippen molar-refractivity contribution in [1.29, 1.82) is 0 Å². The highest BCUT2D eigenvalue weighted by Crippen LogP contribution is 2.35. The molecule has 2 aromatic rings. The minimum Gasteiger partial charge on any atom is -0.497 e. The van der Waals surface area contributed by atoms with E-state index in [4.69, 9.17) is 16.3 Å². The van der Waals surface area contributed by atoms with Crippen molar-refractivity contribution in [3.63, 3.8) is 0 Å². The van der Waals surface area contributed by atoms with Gasteiger partial charge in [-0.05, 0) is 34.1 Å². The molecule has 0 spiro atoms. The number of nitrogens with zero attached hydrogens (tertiary/aromatic N) is 2. The normalized spacial score (nSPS) is 11.0. The third-order valence-electron chi connectivity index (χ3n) is 2.32. The lowest BCUT2D eigenvalue weighted by atomic mass is 10.1. The van der Waals surface area contributed by atoms with Crippen LogP contribution in [0, 0.1) is 0 Å². The van der Waals surface area contributed by atoms with E-state index < -0.39 is 6.55 Å². The van der Waals surface area contributed by atoms with Gasteiger partial charge in [0.2, 0.25) is 0 Å². The Labute approximate surface area is 115 Å². The fourth-order valence-electron chi connectivity index (χ4n) is 1.47. The lowest BCUT2D eigenvalue weighted by molar-refractivity contribution is 0.0568. The number of rotatable bonds is 3. The van der Waals surface area contributed by atoms with Crippen LogP contribution in [0.2, 0.25) is 5.02 Å². The Hall–Kier alpha value is -1.14. The fraction of sp³-hybridized carbons (Fsp3) is 0.182.